The number of hydrogen-bond donors (Lipinski definition) is 3. The van der Waals surface area contributed by atoms with Crippen LogP contribution in [0.1, 0.15) is 18.2 Å². The molecule has 4 N–H and O–H groups in total. The van der Waals surface area contributed by atoms with Gasteiger partial charge < -0.3 is 10.7 Å². The fourth-order valence-corrected chi connectivity index (χ4v) is 2.29. The Balaban J connectivity index is 2.59. The summed E-state index contributed by atoms with van der Waals surface area (Å²) in [5.74, 6) is 6.97. The van der Waals surface area contributed by atoms with E-state index in [1.165, 1.54) is 0 Å². The minimum atomic E-state index is 0.595. The molecule has 2 rings (SSSR count). The highest BCUT2D eigenvalue weighted by atomic mass is 15.3. The van der Waals surface area contributed by atoms with Crippen molar-refractivity contribution in [2.45, 2.75) is 13.8 Å². The molecule has 0 aliphatic rings. The Hall–Kier alpha value is -2.41. The van der Waals surface area contributed by atoms with E-state index in [0.717, 1.165) is 34.9 Å². The molecule has 112 valence electrons. The average Bonchev–Trinajstić information content (AvgIpc) is 2.82. The Labute approximate surface area is 124 Å². The maximum absolute atomic E-state index is 5.54. The topological polar surface area (TPSA) is 93.1 Å². The van der Waals surface area contributed by atoms with Crippen LogP contribution in [0.3, 0.4) is 0 Å². The summed E-state index contributed by atoms with van der Waals surface area (Å²) in [6, 6.07) is 4.02. The highest BCUT2D eigenvalue weighted by molar-refractivity contribution is 6.03. The second-order valence-corrected chi connectivity index (χ2v) is 4.66. The van der Waals surface area contributed by atoms with Gasteiger partial charge in [0, 0.05) is 31.9 Å². The van der Waals surface area contributed by atoms with Crippen LogP contribution in [0.15, 0.2) is 23.3 Å². The molecule has 0 unspecified atom stereocenters. The van der Waals surface area contributed by atoms with Gasteiger partial charge in [-0.3, -0.25) is 9.67 Å². The third kappa shape index (κ3) is 3.03. The largest absolute Gasteiger partial charge is 0.370 e. The Kier molecular flexibility index (Phi) is 4.54. The number of nitrogens with zero attached hydrogens (tertiary/aromatic N) is 4. The van der Waals surface area contributed by atoms with Crippen molar-refractivity contribution in [1.82, 2.24) is 20.2 Å². The molecule has 2 aromatic rings. The van der Waals surface area contributed by atoms with E-state index >= 15 is 0 Å². The molecule has 7 heteroatoms. The number of nitrogens with one attached hydrogen (secondary N) is 2. The number of anilines is 1. The van der Waals surface area contributed by atoms with E-state index in [1.807, 2.05) is 37.7 Å². The summed E-state index contributed by atoms with van der Waals surface area (Å²) in [4.78, 5) is 8.62. The van der Waals surface area contributed by atoms with Gasteiger partial charge in [-0.1, -0.05) is 0 Å². The molecule has 0 aromatic carbocycles. The van der Waals surface area contributed by atoms with Crippen LogP contribution in [0.25, 0.3) is 11.3 Å². The molecule has 0 fully saturated rings. The van der Waals surface area contributed by atoms with Gasteiger partial charge in [0.2, 0.25) is 0 Å². The molecule has 0 atom stereocenters. The van der Waals surface area contributed by atoms with E-state index in [9.17, 15) is 0 Å². The van der Waals surface area contributed by atoms with E-state index in [4.69, 9.17) is 5.84 Å². The summed E-state index contributed by atoms with van der Waals surface area (Å²) in [6.45, 7) is 4.83. The summed E-state index contributed by atoms with van der Waals surface area (Å²) < 4.78 is 1.81. The number of rotatable bonds is 4. The fourth-order valence-electron chi connectivity index (χ4n) is 2.29. The minimum absolute atomic E-state index is 0.595. The number of hydrazine groups is 1. The molecule has 2 heterocycles. The van der Waals surface area contributed by atoms with Crippen molar-refractivity contribution in [3.05, 3.63) is 29.6 Å². The number of hydrogen-bond acceptors (Lipinski definition) is 5. The normalized spacial score (nSPS) is 11.6. The summed E-state index contributed by atoms with van der Waals surface area (Å²) in [5, 5.41) is 7.55. The van der Waals surface area contributed by atoms with Gasteiger partial charge in [-0.2, -0.15) is 5.10 Å². The minimum Gasteiger partial charge on any atom is -0.370 e. The second kappa shape index (κ2) is 6.36. The fraction of sp³-hybridized carbons (Fsp3) is 0.357. The van der Waals surface area contributed by atoms with Crippen LogP contribution in [-0.4, -0.2) is 34.2 Å². The molecule has 0 amide bonds. The lowest BCUT2D eigenvalue weighted by Gasteiger charge is -2.11. The van der Waals surface area contributed by atoms with E-state index in [0.29, 0.717) is 5.84 Å². The maximum atomic E-state index is 5.54. The molecular weight excluding hydrogens is 266 g/mol. The summed E-state index contributed by atoms with van der Waals surface area (Å²) in [6.07, 6.45) is 1.75. The van der Waals surface area contributed by atoms with Crippen molar-refractivity contribution < 1.29 is 0 Å². The Morgan fingerprint density at radius 1 is 1.43 bits per heavy atom. The standard InChI is InChI=1S/C14H21N7/c1-5-17-12-7-10(6-9(2)19-12)13-11(8-18-21(13)4)14(16-3)20-15/h6-8H,5,15H2,1-4H3,(H,16,20)(H,17,19). The van der Waals surface area contributed by atoms with Crippen LogP contribution in [-0.2, 0) is 7.05 Å². The molecule has 0 saturated heterocycles. The first kappa shape index (κ1) is 15.0. The highest BCUT2D eigenvalue weighted by Gasteiger charge is 2.16. The zero-order chi connectivity index (χ0) is 15.4. The average molecular weight is 287 g/mol. The molecular formula is C14H21N7. The Morgan fingerprint density at radius 2 is 2.19 bits per heavy atom. The summed E-state index contributed by atoms with van der Waals surface area (Å²) in [7, 11) is 3.58. The first-order chi connectivity index (χ1) is 10.1. The van der Waals surface area contributed by atoms with Gasteiger partial charge in [0.15, 0.2) is 0 Å². The summed E-state index contributed by atoms with van der Waals surface area (Å²) in [5.41, 5.74) is 6.37. The van der Waals surface area contributed by atoms with Gasteiger partial charge in [-0.25, -0.2) is 10.8 Å². The van der Waals surface area contributed by atoms with Crippen molar-refractivity contribution >= 4 is 11.7 Å². The van der Waals surface area contributed by atoms with E-state index < -0.39 is 0 Å². The molecule has 0 radical (unpaired) electrons. The lowest BCUT2D eigenvalue weighted by molar-refractivity contribution is 0.775. The lowest BCUT2D eigenvalue weighted by atomic mass is 10.1. The Morgan fingerprint density at radius 3 is 2.81 bits per heavy atom. The number of aryl methyl sites for hydroxylation is 2. The van der Waals surface area contributed by atoms with Crippen LogP contribution >= 0.6 is 0 Å². The first-order valence-corrected chi connectivity index (χ1v) is 6.79. The third-order valence-corrected chi connectivity index (χ3v) is 3.14. The third-order valence-electron chi connectivity index (χ3n) is 3.14. The smallest absolute Gasteiger partial charge is 0.146 e. The van der Waals surface area contributed by atoms with Gasteiger partial charge in [0.1, 0.15) is 11.7 Å². The first-order valence-electron chi connectivity index (χ1n) is 6.79. The number of nitrogens with two attached hydrogens (primary N) is 1. The predicted octanol–water partition coefficient (Wildman–Crippen LogP) is 1.06. The number of aromatic nitrogens is 3. The van der Waals surface area contributed by atoms with Gasteiger partial charge in [-0.05, 0) is 26.0 Å². The number of pyridine rings is 1. The molecule has 0 bridgehead atoms. The van der Waals surface area contributed by atoms with Gasteiger partial charge in [0.05, 0.1) is 17.5 Å². The van der Waals surface area contributed by atoms with E-state index in [1.54, 1.807) is 13.2 Å². The van der Waals surface area contributed by atoms with Crippen molar-refractivity contribution in [1.29, 1.82) is 0 Å². The Bertz CT molecular complexity index is 657. The van der Waals surface area contributed by atoms with Crippen molar-refractivity contribution in [2.75, 3.05) is 18.9 Å². The molecule has 2 aromatic heterocycles. The maximum Gasteiger partial charge on any atom is 0.146 e. The molecule has 0 spiro atoms. The highest BCUT2D eigenvalue weighted by Crippen LogP contribution is 2.26. The number of aliphatic imine (C=N–C) groups is 1. The molecule has 0 aliphatic carbocycles. The van der Waals surface area contributed by atoms with Crippen LogP contribution in [0.4, 0.5) is 5.82 Å². The molecule has 21 heavy (non-hydrogen) atoms. The van der Waals surface area contributed by atoms with Crippen molar-refractivity contribution in [3.63, 3.8) is 0 Å². The van der Waals surface area contributed by atoms with Crippen molar-refractivity contribution in [2.24, 2.45) is 17.9 Å². The van der Waals surface area contributed by atoms with Gasteiger partial charge in [-0.15, -0.1) is 0 Å². The zero-order valence-electron chi connectivity index (χ0n) is 12.8. The van der Waals surface area contributed by atoms with Crippen LogP contribution in [0, 0.1) is 6.92 Å². The summed E-state index contributed by atoms with van der Waals surface area (Å²) >= 11 is 0. The molecule has 0 aliphatic heterocycles. The molecule has 0 saturated carbocycles. The quantitative estimate of drug-likeness (QED) is 0.338. The predicted molar refractivity (Wildman–Crippen MR) is 85.1 cm³/mol. The van der Waals surface area contributed by atoms with E-state index in [2.05, 4.69) is 25.8 Å². The van der Waals surface area contributed by atoms with Gasteiger partial charge >= 0.3 is 0 Å². The van der Waals surface area contributed by atoms with E-state index in [-0.39, 0.29) is 0 Å². The molecule has 7 nitrogen and oxygen atoms in total. The lowest BCUT2D eigenvalue weighted by Crippen LogP contribution is -2.31. The number of amidine groups is 1. The van der Waals surface area contributed by atoms with Crippen LogP contribution < -0.4 is 16.6 Å². The monoisotopic (exact) mass is 287 g/mol. The second-order valence-electron chi connectivity index (χ2n) is 4.66. The SMILES string of the molecule is CCNc1cc(-c2c(C(=NC)NN)cnn2C)cc(C)n1. The van der Waals surface area contributed by atoms with Crippen molar-refractivity contribution in [3.8, 4) is 11.3 Å². The zero-order valence-corrected chi connectivity index (χ0v) is 12.8. The van der Waals surface area contributed by atoms with Crippen LogP contribution in [0.2, 0.25) is 0 Å². The van der Waals surface area contributed by atoms with Crippen LogP contribution in [0.5, 0.6) is 0 Å². The van der Waals surface area contributed by atoms with Gasteiger partial charge in [0.25, 0.3) is 0 Å².